The Balaban J connectivity index is 1.16. The third-order valence-electron chi connectivity index (χ3n) is 7.84. The lowest BCUT2D eigenvalue weighted by molar-refractivity contribution is -0.121. The van der Waals surface area contributed by atoms with Gasteiger partial charge in [-0.3, -0.25) is 4.79 Å². The van der Waals surface area contributed by atoms with E-state index in [4.69, 9.17) is 15.2 Å². The lowest BCUT2D eigenvalue weighted by Crippen LogP contribution is -2.47. The Labute approximate surface area is 225 Å². The van der Waals surface area contributed by atoms with Crippen molar-refractivity contribution in [3.05, 3.63) is 30.1 Å². The number of likely N-dealkylation sites (tertiary alicyclic amines) is 1. The summed E-state index contributed by atoms with van der Waals surface area (Å²) in [7, 11) is 0. The van der Waals surface area contributed by atoms with E-state index < -0.39 is 5.92 Å². The first-order valence-electron chi connectivity index (χ1n) is 13.4. The van der Waals surface area contributed by atoms with Crippen molar-refractivity contribution in [1.29, 1.82) is 5.26 Å². The number of fused-ring (bicyclic) bond motifs is 1. The number of nitriles is 1. The highest BCUT2D eigenvalue weighted by Gasteiger charge is 2.36. The quantitative estimate of drug-likeness (QED) is 0.600. The number of hydrogen-bond acceptors (Lipinski definition) is 10. The number of benzene rings is 1. The van der Waals surface area contributed by atoms with Crippen LogP contribution in [0.15, 0.2) is 44.3 Å². The fourth-order valence-electron chi connectivity index (χ4n) is 5.58. The molecule has 39 heavy (non-hydrogen) atoms. The Bertz CT molecular complexity index is 1340. The Morgan fingerprint density at radius 2 is 1.74 bits per heavy atom. The molecule has 0 saturated carbocycles. The summed E-state index contributed by atoms with van der Waals surface area (Å²) in [5.41, 5.74) is 4.94. The summed E-state index contributed by atoms with van der Waals surface area (Å²) >= 11 is 0. The largest absolute Gasteiger partial charge is 0.372 e. The maximum atomic E-state index is 12.7. The van der Waals surface area contributed by atoms with Crippen molar-refractivity contribution in [2.45, 2.75) is 38.5 Å². The van der Waals surface area contributed by atoms with E-state index in [2.05, 4.69) is 64.1 Å². The zero-order valence-corrected chi connectivity index (χ0v) is 21.6. The minimum atomic E-state index is -0.694. The lowest BCUT2D eigenvalue weighted by Gasteiger charge is -2.34. The van der Waals surface area contributed by atoms with E-state index in [-0.39, 0.29) is 5.91 Å². The van der Waals surface area contributed by atoms with E-state index in [1.165, 1.54) is 0 Å². The van der Waals surface area contributed by atoms with Gasteiger partial charge in [0.15, 0.2) is 11.7 Å². The fraction of sp³-hybridized carbons (Fsp3) is 0.500. The number of aromatic nitrogens is 4. The number of amides is 1. The molecule has 1 aromatic heterocycles. The number of hydrogen-bond donors (Lipinski definition) is 2. The first-order chi connectivity index (χ1) is 19.2. The molecule has 13 nitrogen and oxygen atoms in total. The molecular formula is C26H30N12O. The van der Waals surface area contributed by atoms with Gasteiger partial charge in [0.2, 0.25) is 5.96 Å². The van der Waals surface area contributed by atoms with Crippen LogP contribution in [0.5, 0.6) is 0 Å². The zero-order valence-electron chi connectivity index (χ0n) is 21.6. The molecule has 2 fully saturated rings. The summed E-state index contributed by atoms with van der Waals surface area (Å²) in [6, 6.07) is 10.4. The molecule has 0 aliphatic carbocycles. The normalized spacial score (nSPS) is 23.2. The molecule has 13 heteroatoms. The third-order valence-corrected chi connectivity index (χ3v) is 7.84. The van der Waals surface area contributed by atoms with Crippen LogP contribution >= 0.6 is 0 Å². The summed E-state index contributed by atoms with van der Waals surface area (Å²) < 4.78 is 0. The summed E-state index contributed by atoms with van der Waals surface area (Å²) in [5.74, 6) is 1.72. The van der Waals surface area contributed by atoms with Crippen molar-refractivity contribution in [3.63, 3.8) is 0 Å². The minimum Gasteiger partial charge on any atom is -0.372 e. The van der Waals surface area contributed by atoms with Crippen molar-refractivity contribution in [2.75, 3.05) is 31.1 Å². The van der Waals surface area contributed by atoms with Gasteiger partial charge in [-0.05, 0) is 61.8 Å². The number of rotatable bonds is 5. The van der Waals surface area contributed by atoms with E-state index in [0.717, 1.165) is 75.5 Å². The van der Waals surface area contributed by atoms with Gasteiger partial charge in [0.05, 0.1) is 23.7 Å². The second kappa shape index (κ2) is 11.1. The number of carbonyl (C=O) groups excluding carboxylic acids is 1. The molecule has 1 atom stereocenters. The summed E-state index contributed by atoms with van der Waals surface area (Å²) in [5, 5.41) is 27.3. The monoisotopic (exact) mass is 526 g/mol. The predicted molar refractivity (Wildman–Crippen MR) is 146 cm³/mol. The van der Waals surface area contributed by atoms with E-state index in [0.29, 0.717) is 35.8 Å². The number of tetrazole rings is 1. The van der Waals surface area contributed by atoms with Crippen LogP contribution in [-0.2, 0) is 11.2 Å². The van der Waals surface area contributed by atoms with Crippen LogP contribution in [0, 0.1) is 29.1 Å². The zero-order chi connectivity index (χ0) is 26.6. The maximum Gasteiger partial charge on any atom is 0.257 e. The third kappa shape index (κ3) is 5.55. The molecule has 5 heterocycles. The van der Waals surface area contributed by atoms with Gasteiger partial charge in [-0.15, -0.1) is 10.2 Å². The van der Waals surface area contributed by atoms with Crippen LogP contribution in [0.25, 0.3) is 0 Å². The van der Waals surface area contributed by atoms with E-state index in [1.807, 2.05) is 12.1 Å². The Kier molecular flexibility index (Phi) is 7.07. The van der Waals surface area contributed by atoms with Crippen LogP contribution in [0.4, 0.5) is 11.4 Å². The number of piperidine rings is 2. The second-order valence-corrected chi connectivity index (χ2v) is 10.4. The van der Waals surface area contributed by atoms with Crippen molar-refractivity contribution in [2.24, 2.45) is 37.8 Å². The molecule has 1 amide bonds. The van der Waals surface area contributed by atoms with Crippen molar-refractivity contribution >= 4 is 41.0 Å². The summed E-state index contributed by atoms with van der Waals surface area (Å²) in [6.45, 7) is 3.47. The topological polar surface area (TPSA) is 163 Å². The highest BCUT2D eigenvalue weighted by molar-refractivity contribution is 6.46. The number of hydrazone groups is 1. The molecule has 200 valence electrons. The molecule has 0 bridgehead atoms. The molecular weight excluding hydrogens is 496 g/mol. The molecule has 4 aliphatic heterocycles. The number of aliphatic imine (C=N–C) groups is 3. The standard InChI is InChI=1S/C26H30N12O/c27-10-5-17-6-13-38(14-7-17)26-30-21-16-28-34-25(39)23(21)24(31-26)29-19-1-3-20(4-2-19)37-11-8-18(9-12-37)15-22-32-35-36-33-22/h1-4,16-18,23H,5-9,11-15H2,(H,34,39)(H,32,33,35,36). The summed E-state index contributed by atoms with van der Waals surface area (Å²) in [6.07, 6.45) is 6.98. The van der Waals surface area contributed by atoms with Crippen molar-refractivity contribution < 1.29 is 4.79 Å². The number of H-pyrrole nitrogens is 1. The second-order valence-electron chi connectivity index (χ2n) is 10.4. The Hall–Kier alpha value is -4.47. The van der Waals surface area contributed by atoms with Crippen LogP contribution < -0.4 is 10.3 Å². The van der Waals surface area contributed by atoms with Crippen molar-refractivity contribution in [3.8, 4) is 6.07 Å². The molecule has 2 aromatic rings. The van der Waals surface area contributed by atoms with Crippen LogP contribution in [0.2, 0.25) is 0 Å². The Morgan fingerprint density at radius 1 is 1.00 bits per heavy atom. The molecule has 2 saturated heterocycles. The first-order valence-corrected chi connectivity index (χ1v) is 13.4. The number of carbonyl (C=O) groups is 1. The van der Waals surface area contributed by atoms with Gasteiger partial charge in [0, 0.05) is 44.7 Å². The number of anilines is 1. The SMILES string of the molecule is N#CCC1CCN(C2=NC(=Nc3ccc(N4CCC(Cc5nn[nH]n5)CC4)cc3)C3C(=O)NN=CC3=N2)CC1. The minimum absolute atomic E-state index is 0.286. The molecule has 4 aliphatic rings. The number of nitrogens with zero attached hydrogens (tertiary/aromatic N) is 10. The van der Waals surface area contributed by atoms with E-state index in [9.17, 15) is 4.79 Å². The predicted octanol–water partition coefficient (Wildman–Crippen LogP) is 1.86. The Morgan fingerprint density at radius 3 is 2.46 bits per heavy atom. The van der Waals surface area contributed by atoms with E-state index >= 15 is 0 Å². The van der Waals surface area contributed by atoms with Crippen LogP contribution in [-0.4, -0.2) is 81.3 Å². The highest BCUT2D eigenvalue weighted by atomic mass is 16.2. The number of amidine groups is 1. The van der Waals surface area contributed by atoms with Gasteiger partial charge in [-0.1, -0.05) is 5.21 Å². The lowest BCUT2D eigenvalue weighted by atomic mass is 9.93. The van der Waals surface area contributed by atoms with Crippen LogP contribution in [0.1, 0.15) is 37.9 Å². The summed E-state index contributed by atoms with van der Waals surface area (Å²) in [4.78, 5) is 31.4. The highest BCUT2D eigenvalue weighted by Crippen LogP contribution is 2.28. The molecule has 6 rings (SSSR count). The molecule has 2 N–H and O–H groups in total. The molecule has 1 unspecified atom stereocenters. The molecule has 0 radical (unpaired) electrons. The molecule has 0 spiro atoms. The fourth-order valence-corrected chi connectivity index (χ4v) is 5.58. The van der Waals surface area contributed by atoms with Crippen molar-refractivity contribution in [1.82, 2.24) is 30.9 Å². The van der Waals surface area contributed by atoms with Crippen LogP contribution in [0.3, 0.4) is 0 Å². The van der Waals surface area contributed by atoms with Gasteiger partial charge >= 0.3 is 0 Å². The smallest absolute Gasteiger partial charge is 0.257 e. The number of guanidine groups is 1. The number of aromatic amines is 1. The van der Waals surface area contributed by atoms with Gasteiger partial charge < -0.3 is 9.80 Å². The maximum absolute atomic E-state index is 12.7. The average Bonchev–Trinajstić information content (AvgIpc) is 3.48. The number of nitrogens with one attached hydrogen (secondary N) is 2. The van der Waals surface area contributed by atoms with Gasteiger partial charge in [-0.2, -0.15) is 20.6 Å². The van der Waals surface area contributed by atoms with Gasteiger partial charge in [-0.25, -0.2) is 15.4 Å². The molecule has 1 aromatic carbocycles. The average molecular weight is 527 g/mol. The van der Waals surface area contributed by atoms with Gasteiger partial charge in [0.25, 0.3) is 5.91 Å². The van der Waals surface area contributed by atoms with E-state index in [1.54, 1.807) is 6.21 Å². The first kappa shape index (κ1) is 24.8. The van der Waals surface area contributed by atoms with Gasteiger partial charge in [0.1, 0.15) is 5.92 Å².